The second kappa shape index (κ2) is 6.57. The third-order valence-electron chi connectivity index (χ3n) is 3.67. The van der Waals surface area contributed by atoms with E-state index in [-0.39, 0.29) is 17.8 Å². The van der Waals surface area contributed by atoms with E-state index in [9.17, 15) is 4.79 Å². The van der Waals surface area contributed by atoms with Crippen LogP contribution < -0.4 is 5.73 Å². The van der Waals surface area contributed by atoms with Crippen molar-refractivity contribution in [1.29, 1.82) is 0 Å². The highest BCUT2D eigenvalue weighted by molar-refractivity contribution is 5.91. The van der Waals surface area contributed by atoms with Gasteiger partial charge in [-0.05, 0) is 30.5 Å². The number of nitrogens with two attached hydrogens (primary N) is 1. The summed E-state index contributed by atoms with van der Waals surface area (Å²) in [5.41, 5.74) is 6.79. The lowest BCUT2D eigenvalue weighted by Crippen LogP contribution is -2.45. The van der Waals surface area contributed by atoms with Gasteiger partial charge in [-0.2, -0.15) is 0 Å². The van der Waals surface area contributed by atoms with Crippen molar-refractivity contribution in [3.8, 4) is 0 Å². The highest BCUT2D eigenvalue weighted by Crippen LogP contribution is 2.15. The highest BCUT2D eigenvalue weighted by atomic mass is 16.5. The predicted octanol–water partition coefficient (Wildman–Crippen LogP) is 1.13. The second-order valence-corrected chi connectivity index (χ2v) is 5.24. The minimum atomic E-state index is -0.140. The van der Waals surface area contributed by atoms with Crippen LogP contribution in [0.5, 0.6) is 0 Å². The molecule has 1 aliphatic heterocycles. The van der Waals surface area contributed by atoms with E-state index in [0.717, 1.165) is 18.4 Å². The number of anilines is 1. The molecule has 1 aliphatic rings. The summed E-state index contributed by atoms with van der Waals surface area (Å²) >= 11 is 0. The van der Waals surface area contributed by atoms with Crippen LogP contribution in [0.1, 0.15) is 22.5 Å². The molecule has 1 atom stereocenters. The average Bonchev–Trinajstić information content (AvgIpc) is 3.07. The van der Waals surface area contributed by atoms with Gasteiger partial charge in [0, 0.05) is 19.3 Å². The Morgan fingerprint density at radius 2 is 2.41 bits per heavy atom. The van der Waals surface area contributed by atoms with E-state index in [1.54, 1.807) is 11.1 Å². The maximum atomic E-state index is 12.2. The first-order valence-corrected chi connectivity index (χ1v) is 7.22. The normalized spacial score (nSPS) is 18.4. The van der Waals surface area contributed by atoms with Gasteiger partial charge in [-0.25, -0.2) is 9.97 Å². The summed E-state index contributed by atoms with van der Waals surface area (Å²) in [5, 5.41) is 0. The Morgan fingerprint density at radius 1 is 1.50 bits per heavy atom. The maximum absolute atomic E-state index is 12.2. The van der Waals surface area contributed by atoms with Gasteiger partial charge >= 0.3 is 0 Å². The van der Waals surface area contributed by atoms with Crippen LogP contribution in [-0.2, 0) is 11.2 Å². The number of aromatic nitrogens is 2. The first-order chi connectivity index (χ1) is 10.7. The number of nitrogen functional groups attached to an aromatic ring is 1. The molecule has 3 rings (SSSR count). The number of amides is 1. The fraction of sp³-hybridized carbons (Fsp3) is 0.400. The van der Waals surface area contributed by atoms with Crippen molar-refractivity contribution >= 4 is 11.7 Å². The van der Waals surface area contributed by atoms with E-state index < -0.39 is 0 Å². The van der Waals surface area contributed by atoms with Gasteiger partial charge in [-0.1, -0.05) is 0 Å². The first-order valence-electron chi connectivity index (χ1n) is 7.22. The van der Waals surface area contributed by atoms with Crippen LogP contribution in [0, 0.1) is 0 Å². The largest absolute Gasteiger partial charge is 0.438 e. The topological polar surface area (TPSA) is 94.5 Å². The van der Waals surface area contributed by atoms with Gasteiger partial charge in [0.05, 0.1) is 18.9 Å². The molecule has 116 valence electrons. The van der Waals surface area contributed by atoms with Crippen LogP contribution in [0.2, 0.25) is 0 Å². The zero-order chi connectivity index (χ0) is 15.4. The lowest BCUT2D eigenvalue weighted by Gasteiger charge is -2.32. The smallest absolute Gasteiger partial charge is 0.291 e. The second-order valence-electron chi connectivity index (χ2n) is 5.24. The van der Waals surface area contributed by atoms with Gasteiger partial charge in [-0.3, -0.25) is 4.79 Å². The molecule has 0 spiro atoms. The minimum Gasteiger partial charge on any atom is -0.438 e. The Hall–Kier alpha value is -2.41. The van der Waals surface area contributed by atoms with Crippen LogP contribution in [0.15, 0.2) is 35.3 Å². The van der Waals surface area contributed by atoms with Crippen molar-refractivity contribution in [2.75, 3.05) is 25.4 Å². The van der Waals surface area contributed by atoms with Crippen LogP contribution in [0.3, 0.4) is 0 Å². The predicted molar refractivity (Wildman–Crippen MR) is 79.1 cm³/mol. The fourth-order valence-electron chi connectivity index (χ4n) is 2.53. The summed E-state index contributed by atoms with van der Waals surface area (Å²) in [6.45, 7) is 1.65. The van der Waals surface area contributed by atoms with Gasteiger partial charge in [0.25, 0.3) is 5.91 Å². The van der Waals surface area contributed by atoms with E-state index in [1.807, 2.05) is 12.1 Å². The Morgan fingerprint density at radius 3 is 3.18 bits per heavy atom. The molecule has 22 heavy (non-hydrogen) atoms. The average molecular weight is 302 g/mol. The number of pyridine rings is 1. The van der Waals surface area contributed by atoms with Crippen molar-refractivity contribution in [3.05, 3.63) is 42.2 Å². The molecule has 7 heteroatoms. The molecule has 1 fully saturated rings. The first kappa shape index (κ1) is 14.5. The molecular formula is C15H18N4O3. The van der Waals surface area contributed by atoms with Gasteiger partial charge in [0.2, 0.25) is 5.76 Å². The van der Waals surface area contributed by atoms with E-state index in [1.165, 1.54) is 12.6 Å². The summed E-state index contributed by atoms with van der Waals surface area (Å²) in [5.74, 6) is 0.644. The van der Waals surface area contributed by atoms with Gasteiger partial charge < -0.3 is 19.8 Å². The molecular weight excluding hydrogens is 284 g/mol. The third-order valence-corrected chi connectivity index (χ3v) is 3.67. The minimum absolute atomic E-state index is 0.00927. The van der Waals surface area contributed by atoms with Gasteiger partial charge in [0.1, 0.15) is 5.82 Å². The molecule has 0 aliphatic carbocycles. The van der Waals surface area contributed by atoms with Crippen molar-refractivity contribution < 1.29 is 13.9 Å². The number of oxazole rings is 1. The molecule has 2 aromatic heterocycles. The van der Waals surface area contributed by atoms with Crippen molar-refractivity contribution in [1.82, 2.24) is 14.9 Å². The van der Waals surface area contributed by atoms with Crippen molar-refractivity contribution in [2.24, 2.45) is 0 Å². The molecule has 0 radical (unpaired) electrons. The van der Waals surface area contributed by atoms with Crippen molar-refractivity contribution in [3.63, 3.8) is 0 Å². The van der Waals surface area contributed by atoms with E-state index in [4.69, 9.17) is 14.9 Å². The Bertz CT molecular complexity index is 629. The lowest BCUT2D eigenvalue weighted by molar-refractivity contribution is -0.0255. The summed E-state index contributed by atoms with van der Waals surface area (Å²) in [6.07, 6.45) is 6.07. The molecule has 1 amide bonds. The van der Waals surface area contributed by atoms with Crippen LogP contribution >= 0.6 is 0 Å². The summed E-state index contributed by atoms with van der Waals surface area (Å²) < 4.78 is 10.8. The molecule has 0 saturated carbocycles. The SMILES string of the molecule is Nc1cc(CC[C@@H]2CN(C(=O)c3cnco3)CCO2)ccn1. The molecule has 2 N–H and O–H groups in total. The Kier molecular flexibility index (Phi) is 4.34. The zero-order valence-corrected chi connectivity index (χ0v) is 12.1. The number of aryl methyl sites for hydroxylation is 1. The van der Waals surface area contributed by atoms with E-state index in [2.05, 4.69) is 9.97 Å². The Balaban J connectivity index is 1.55. The number of rotatable bonds is 4. The molecule has 0 aromatic carbocycles. The quantitative estimate of drug-likeness (QED) is 0.909. The van der Waals surface area contributed by atoms with E-state index >= 15 is 0 Å². The van der Waals surface area contributed by atoms with Crippen molar-refractivity contribution in [2.45, 2.75) is 18.9 Å². The number of hydrogen-bond donors (Lipinski definition) is 1. The third kappa shape index (κ3) is 3.43. The molecule has 0 unspecified atom stereocenters. The molecule has 0 bridgehead atoms. The summed E-state index contributed by atoms with van der Waals surface area (Å²) in [4.78, 5) is 21.7. The number of ether oxygens (including phenoxy) is 1. The number of nitrogens with zero attached hydrogens (tertiary/aromatic N) is 3. The van der Waals surface area contributed by atoms with E-state index in [0.29, 0.717) is 25.5 Å². The molecule has 3 heterocycles. The molecule has 7 nitrogen and oxygen atoms in total. The number of hydrogen-bond acceptors (Lipinski definition) is 6. The lowest BCUT2D eigenvalue weighted by atomic mass is 10.1. The van der Waals surface area contributed by atoms with Crippen LogP contribution in [0.4, 0.5) is 5.82 Å². The van der Waals surface area contributed by atoms with Crippen LogP contribution in [0.25, 0.3) is 0 Å². The standard InChI is InChI=1S/C15H18N4O3/c16-14-7-11(3-4-18-14)1-2-12-9-19(5-6-21-12)15(20)13-8-17-10-22-13/h3-4,7-8,10,12H,1-2,5-6,9H2,(H2,16,18)/t12-/m1/s1. The monoisotopic (exact) mass is 302 g/mol. The van der Waals surface area contributed by atoms with Crippen LogP contribution in [-0.4, -0.2) is 46.6 Å². The molecule has 1 saturated heterocycles. The summed E-state index contributed by atoms with van der Waals surface area (Å²) in [6, 6.07) is 3.80. The number of carbonyl (C=O) groups excluding carboxylic acids is 1. The fourth-order valence-corrected chi connectivity index (χ4v) is 2.53. The Labute approximate surface area is 128 Å². The number of morpholine rings is 1. The number of carbonyl (C=O) groups is 1. The van der Waals surface area contributed by atoms with Gasteiger partial charge in [-0.15, -0.1) is 0 Å². The zero-order valence-electron chi connectivity index (χ0n) is 12.1. The summed E-state index contributed by atoms with van der Waals surface area (Å²) in [7, 11) is 0. The highest BCUT2D eigenvalue weighted by Gasteiger charge is 2.26. The van der Waals surface area contributed by atoms with Gasteiger partial charge in [0.15, 0.2) is 6.39 Å². The maximum Gasteiger partial charge on any atom is 0.291 e. The molecule has 2 aromatic rings.